The fourth-order valence-corrected chi connectivity index (χ4v) is 3.36. The Morgan fingerprint density at radius 2 is 2.00 bits per heavy atom. The number of H-pyrrole nitrogens is 1. The molecule has 2 aromatic carbocycles. The van der Waals surface area contributed by atoms with E-state index in [0.717, 1.165) is 11.3 Å². The summed E-state index contributed by atoms with van der Waals surface area (Å²) in [4.78, 5) is 16.5. The minimum atomic E-state index is -0.145. The Hall–Kier alpha value is -2.51. The summed E-state index contributed by atoms with van der Waals surface area (Å²) in [6.07, 6.45) is 0. The molecule has 1 aromatic heterocycles. The van der Waals surface area contributed by atoms with Crippen LogP contribution in [0.15, 0.2) is 47.6 Å². The SMILES string of the molecule is Cc1c(Cl)cccc1NC(=O)CSc1n[nH]c(COc2ccc(C(C)C)cc2)n1. The van der Waals surface area contributed by atoms with E-state index in [1.165, 1.54) is 17.3 Å². The Balaban J connectivity index is 1.47. The van der Waals surface area contributed by atoms with Crippen molar-refractivity contribution < 1.29 is 9.53 Å². The zero-order valence-electron chi connectivity index (χ0n) is 16.5. The average molecular weight is 431 g/mol. The van der Waals surface area contributed by atoms with Crippen LogP contribution in [0.3, 0.4) is 0 Å². The molecule has 1 heterocycles. The van der Waals surface area contributed by atoms with E-state index in [0.29, 0.717) is 27.6 Å². The van der Waals surface area contributed by atoms with Crippen molar-refractivity contribution in [3.8, 4) is 5.75 Å². The van der Waals surface area contributed by atoms with E-state index >= 15 is 0 Å². The van der Waals surface area contributed by atoms with Crippen LogP contribution in [0.2, 0.25) is 5.02 Å². The van der Waals surface area contributed by atoms with E-state index in [1.807, 2.05) is 25.1 Å². The van der Waals surface area contributed by atoms with Crippen molar-refractivity contribution in [1.29, 1.82) is 0 Å². The summed E-state index contributed by atoms with van der Waals surface area (Å²) in [6.45, 7) is 6.45. The van der Waals surface area contributed by atoms with Crippen LogP contribution in [0.25, 0.3) is 0 Å². The van der Waals surface area contributed by atoms with Gasteiger partial charge in [0.15, 0.2) is 5.82 Å². The summed E-state index contributed by atoms with van der Waals surface area (Å²) in [5.74, 6) is 1.91. The van der Waals surface area contributed by atoms with Gasteiger partial charge in [0, 0.05) is 10.7 Å². The van der Waals surface area contributed by atoms with E-state index < -0.39 is 0 Å². The van der Waals surface area contributed by atoms with Gasteiger partial charge in [0.05, 0.1) is 5.75 Å². The molecule has 1 amide bonds. The molecule has 0 aliphatic heterocycles. The molecule has 0 unspecified atom stereocenters. The number of nitrogens with one attached hydrogen (secondary N) is 2. The third-order valence-electron chi connectivity index (χ3n) is 4.31. The third-order valence-corrected chi connectivity index (χ3v) is 5.56. The Morgan fingerprint density at radius 1 is 1.24 bits per heavy atom. The quantitative estimate of drug-likeness (QED) is 0.480. The summed E-state index contributed by atoms with van der Waals surface area (Å²) in [7, 11) is 0. The molecule has 0 saturated carbocycles. The maximum Gasteiger partial charge on any atom is 0.234 e. The molecular weight excluding hydrogens is 408 g/mol. The highest BCUT2D eigenvalue weighted by Gasteiger charge is 2.10. The molecular formula is C21H23ClN4O2S. The van der Waals surface area contributed by atoms with E-state index in [4.69, 9.17) is 16.3 Å². The van der Waals surface area contributed by atoms with Gasteiger partial charge < -0.3 is 10.1 Å². The number of anilines is 1. The van der Waals surface area contributed by atoms with E-state index in [9.17, 15) is 4.79 Å². The highest BCUT2D eigenvalue weighted by Crippen LogP contribution is 2.23. The molecule has 0 spiro atoms. The molecule has 29 heavy (non-hydrogen) atoms. The average Bonchev–Trinajstić information content (AvgIpc) is 3.16. The maximum atomic E-state index is 12.2. The maximum absolute atomic E-state index is 12.2. The summed E-state index contributed by atoms with van der Waals surface area (Å²) < 4.78 is 5.73. The van der Waals surface area contributed by atoms with Crippen LogP contribution in [0.4, 0.5) is 5.69 Å². The standard InChI is InChI=1S/C21H23ClN4O2S/c1-13(2)15-7-9-16(10-8-15)28-11-19-24-21(26-25-19)29-12-20(27)23-18-6-4-5-17(22)14(18)3/h4-10,13H,11-12H2,1-3H3,(H,23,27)(H,24,25,26). The molecule has 3 rings (SSSR count). The van der Waals surface area contributed by atoms with Gasteiger partial charge in [0.25, 0.3) is 0 Å². The largest absolute Gasteiger partial charge is 0.486 e. The van der Waals surface area contributed by atoms with Crippen LogP contribution in [-0.2, 0) is 11.4 Å². The molecule has 0 bridgehead atoms. The van der Waals surface area contributed by atoms with Gasteiger partial charge in [-0.25, -0.2) is 4.98 Å². The second kappa shape index (κ2) is 9.80. The lowest BCUT2D eigenvalue weighted by Gasteiger charge is -2.08. The Labute approximate surface area is 179 Å². The smallest absolute Gasteiger partial charge is 0.234 e. The van der Waals surface area contributed by atoms with Gasteiger partial charge in [0.2, 0.25) is 11.1 Å². The van der Waals surface area contributed by atoms with Gasteiger partial charge in [-0.1, -0.05) is 55.4 Å². The minimum absolute atomic E-state index is 0.145. The second-order valence-electron chi connectivity index (χ2n) is 6.83. The fraction of sp³-hybridized carbons (Fsp3) is 0.286. The first-order chi connectivity index (χ1) is 13.9. The number of hydrogen-bond donors (Lipinski definition) is 2. The number of aromatic nitrogens is 3. The lowest BCUT2D eigenvalue weighted by molar-refractivity contribution is -0.113. The summed E-state index contributed by atoms with van der Waals surface area (Å²) in [5, 5.41) is 10.9. The fourth-order valence-electron chi connectivity index (χ4n) is 2.57. The number of amides is 1. The van der Waals surface area contributed by atoms with Crippen LogP contribution in [0, 0.1) is 6.92 Å². The van der Waals surface area contributed by atoms with E-state index in [1.54, 1.807) is 12.1 Å². The molecule has 3 aromatic rings. The van der Waals surface area contributed by atoms with Crippen molar-refractivity contribution >= 4 is 35.0 Å². The molecule has 0 aliphatic carbocycles. The first-order valence-corrected chi connectivity index (χ1v) is 10.6. The van der Waals surface area contributed by atoms with Gasteiger partial charge in [0.1, 0.15) is 12.4 Å². The minimum Gasteiger partial charge on any atom is -0.486 e. The van der Waals surface area contributed by atoms with Crippen molar-refractivity contribution in [3.63, 3.8) is 0 Å². The van der Waals surface area contributed by atoms with Gasteiger partial charge in [-0.05, 0) is 48.2 Å². The summed E-state index contributed by atoms with van der Waals surface area (Å²) >= 11 is 7.33. The Kier molecular flexibility index (Phi) is 7.17. The topological polar surface area (TPSA) is 79.9 Å². The lowest BCUT2D eigenvalue weighted by Crippen LogP contribution is -2.15. The second-order valence-corrected chi connectivity index (χ2v) is 8.18. The summed E-state index contributed by atoms with van der Waals surface area (Å²) in [6, 6.07) is 13.4. The number of halogens is 1. The molecule has 0 saturated heterocycles. The Bertz CT molecular complexity index is 973. The summed E-state index contributed by atoms with van der Waals surface area (Å²) in [5.41, 5.74) is 2.81. The van der Waals surface area contributed by atoms with E-state index in [2.05, 4.69) is 46.5 Å². The molecule has 0 atom stereocenters. The predicted molar refractivity (Wildman–Crippen MR) is 117 cm³/mol. The van der Waals surface area contributed by atoms with Crippen LogP contribution in [0.1, 0.15) is 36.7 Å². The molecule has 2 N–H and O–H groups in total. The van der Waals surface area contributed by atoms with E-state index in [-0.39, 0.29) is 18.3 Å². The van der Waals surface area contributed by atoms with Crippen molar-refractivity contribution in [2.75, 3.05) is 11.1 Å². The van der Waals surface area contributed by atoms with Gasteiger partial charge in [-0.15, -0.1) is 5.10 Å². The van der Waals surface area contributed by atoms with Crippen molar-refractivity contribution in [3.05, 3.63) is 64.4 Å². The van der Waals surface area contributed by atoms with Crippen molar-refractivity contribution in [2.45, 2.75) is 38.5 Å². The zero-order valence-corrected chi connectivity index (χ0v) is 18.1. The van der Waals surface area contributed by atoms with Crippen molar-refractivity contribution in [2.24, 2.45) is 0 Å². The molecule has 152 valence electrons. The first-order valence-electron chi connectivity index (χ1n) is 9.24. The highest BCUT2D eigenvalue weighted by molar-refractivity contribution is 7.99. The number of aromatic amines is 1. The monoisotopic (exact) mass is 430 g/mol. The highest BCUT2D eigenvalue weighted by atomic mass is 35.5. The molecule has 8 heteroatoms. The van der Waals surface area contributed by atoms with Crippen LogP contribution < -0.4 is 10.1 Å². The third kappa shape index (κ3) is 5.98. The van der Waals surface area contributed by atoms with Gasteiger partial charge >= 0.3 is 0 Å². The zero-order chi connectivity index (χ0) is 20.8. The van der Waals surface area contributed by atoms with Crippen molar-refractivity contribution in [1.82, 2.24) is 15.2 Å². The van der Waals surface area contributed by atoms with Crippen LogP contribution in [-0.4, -0.2) is 26.8 Å². The molecule has 0 radical (unpaired) electrons. The normalized spacial score (nSPS) is 10.9. The van der Waals surface area contributed by atoms with Gasteiger partial charge in [-0.3, -0.25) is 9.89 Å². The Morgan fingerprint density at radius 3 is 2.72 bits per heavy atom. The number of carbonyl (C=O) groups excluding carboxylic acids is 1. The number of benzene rings is 2. The van der Waals surface area contributed by atoms with Crippen LogP contribution >= 0.6 is 23.4 Å². The number of ether oxygens (including phenoxy) is 1. The molecule has 6 nitrogen and oxygen atoms in total. The number of carbonyl (C=O) groups is 1. The number of rotatable bonds is 8. The first kappa shape index (κ1) is 21.2. The molecule has 0 aliphatic rings. The predicted octanol–water partition coefficient (Wildman–Crippen LogP) is 5.20. The number of hydrogen-bond acceptors (Lipinski definition) is 5. The number of thioether (sulfide) groups is 1. The number of nitrogens with zero attached hydrogens (tertiary/aromatic N) is 2. The van der Waals surface area contributed by atoms with Gasteiger partial charge in [-0.2, -0.15) is 0 Å². The molecule has 0 fully saturated rings. The lowest BCUT2D eigenvalue weighted by atomic mass is 10.0. The van der Waals surface area contributed by atoms with Crippen LogP contribution in [0.5, 0.6) is 5.75 Å².